The first kappa shape index (κ1) is 9.92. The van der Waals surface area contributed by atoms with E-state index in [1.807, 2.05) is 6.92 Å². The summed E-state index contributed by atoms with van der Waals surface area (Å²) in [7, 11) is 0. The first-order valence-corrected chi connectivity index (χ1v) is 4.14. The third-order valence-corrected chi connectivity index (χ3v) is 1.92. The highest BCUT2D eigenvalue weighted by atomic mass is 16.3. The molecular weight excluding hydrogens is 126 g/mol. The smallest absolute Gasteiger partial charge is 0.0577 e. The molecule has 0 saturated carbocycles. The van der Waals surface area contributed by atoms with Crippen LogP contribution in [-0.2, 0) is 0 Å². The molecule has 0 aromatic carbocycles. The molecule has 0 fully saturated rings. The van der Waals surface area contributed by atoms with Gasteiger partial charge in [0.15, 0.2) is 0 Å². The number of aliphatic hydroxyl groups is 1. The third kappa shape index (κ3) is 3.18. The molecule has 2 nitrogen and oxygen atoms in total. The van der Waals surface area contributed by atoms with Crippen LogP contribution in [0, 0.1) is 5.92 Å². The molecule has 2 atom stereocenters. The Morgan fingerprint density at radius 2 is 2.00 bits per heavy atom. The van der Waals surface area contributed by atoms with Gasteiger partial charge >= 0.3 is 0 Å². The van der Waals surface area contributed by atoms with Crippen molar-refractivity contribution in [3.8, 4) is 0 Å². The van der Waals surface area contributed by atoms with Crippen LogP contribution in [-0.4, -0.2) is 17.8 Å². The molecule has 0 rings (SSSR count). The summed E-state index contributed by atoms with van der Waals surface area (Å²) >= 11 is 0. The van der Waals surface area contributed by atoms with Crippen LogP contribution in [0.15, 0.2) is 0 Å². The van der Waals surface area contributed by atoms with Crippen LogP contribution in [0.3, 0.4) is 0 Å². The third-order valence-electron chi connectivity index (χ3n) is 1.92. The minimum atomic E-state index is -0.190. The monoisotopic (exact) mass is 145 g/mol. The van der Waals surface area contributed by atoms with E-state index in [0.717, 1.165) is 19.3 Å². The molecule has 10 heavy (non-hydrogen) atoms. The summed E-state index contributed by atoms with van der Waals surface area (Å²) in [6, 6.07) is 0. The van der Waals surface area contributed by atoms with Crippen LogP contribution in [0.4, 0.5) is 0 Å². The fraction of sp³-hybridized carbons (Fsp3) is 1.00. The van der Waals surface area contributed by atoms with E-state index in [4.69, 9.17) is 5.73 Å². The average molecular weight is 145 g/mol. The Morgan fingerprint density at radius 1 is 1.40 bits per heavy atom. The number of hydrogen-bond acceptors (Lipinski definition) is 2. The van der Waals surface area contributed by atoms with Crippen molar-refractivity contribution < 1.29 is 5.11 Å². The molecule has 0 aliphatic carbocycles. The van der Waals surface area contributed by atoms with Crippen LogP contribution >= 0.6 is 0 Å². The van der Waals surface area contributed by atoms with E-state index in [9.17, 15) is 5.11 Å². The molecule has 0 aliphatic rings. The molecular formula is C8H19NO. The van der Waals surface area contributed by atoms with Crippen LogP contribution in [0.2, 0.25) is 0 Å². The lowest BCUT2D eigenvalue weighted by molar-refractivity contribution is 0.102. The number of rotatable bonds is 5. The molecule has 62 valence electrons. The highest BCUT2D eigenvalue weighted by Crippen LogP contribution is 2.11. The second-order valence-electron chi connectivity index (χ2n) is 2.76. The molecule has 0 aliphatic heterocycles. The maximum Gasteiger partial charge on any atom is 0.0577 e. The van der Waals surface area contributed by atoms with Crippen molar-refractivity contribution in [3.05, 3.63) is 0 Å². The van der Waals surface area contributed by atoms with Gasteiger partial charge in [-0.2, -0.15) is 0 Å². The van der Waals surface area contributed by atoms with Crippen molar-refractivity contribution in [1.29, 1.82) is 0 Å². The predicted molar refractivity (Wildman–Crippen MR) is 43.8 cm³/mol. The highest BCUT2D eigenvalue weighted by molar-refractivity contribution is 4.67. The molecule has 0 spiro atoms. The molecule has 3 N–H and O–H groups in total. The number of hydrogen-bond donors (Lipinski definition) is 2. The summed E-state index contributed by atoms with van der Waals surface area (Å²) in [5, 5.41) is 9.37. The summed E-state index contributed by atoms with van der Waals surface area (Å²) in [6.07, 6.45) is 2.79. The van der Waals surface area contributed by atoms with Gasteiger partial charge in [-0.05, 0) is 25.3 Å². The second-order valence-corrected chi connectivity index (χ2v) is 2.76. The van der Waals surface area contributed by atoms with E-state index in [0.29, 0.717) is 12.5 Å². The highest BCUT2D eigenvalue weighted by Gasteiger charge is 2.13. The van der Waals surface area contributed by atoms with Crippen LogP contribution in [0.5, 0.6) is 0 Å². The summed E-state index contributed by atoms with van der Waals surface area (Å²) in [5.41, 5.74) is 5.48. The summed E-state index contributed by atoms with van der Waals surface area (Å²) in [5.74, 6) is 0.315. The topological polar surface area (TPSA) is 46.2 Å². The van der Waals surface area contributed by atoms with E-state index in [1.54, 1.807) is 0 Å². The van der Waals surface area contributed by atoms with Crippen molar-refractivity contribution >= 4 is 0 Å². The molecule has 0 saturated heterocycles. The zero-order chi connectivity index (χ0) is 7.98. The molecule has 2 unspecified atom stereocenters. The molecule has 0 heterocycles. The van der Waals surface area contributed by atoms with Crippen molar-refractivity contribution in [3.63, 3.8) is 0 Å². The van der Waals surface area contributed by atoms with Gasteiger partial charge in [0.2, 0.25) is 0 Å². The maximum atomic E-state index is 9.37. The van der Waals surface area contributed by atoms with Gasteiger partial charge < -0.3 is 10.8 Å². The van der Waals surface area contributed by atoms with Gasteiger partial charge in [-0.3, -0.25) is 0 Å². The van der Waals surface area contributed by atoms with Crippen molar-refractivity contribution in [2.75, 3.05) is 6.54 Å². The van der Waals surface area contributed by atoms with Crippen molar-refractivity contribution in [2.45, 2.75) is 39.2 Å². The summed E-state index contributed by atoms with van der Waals surface area (Å²) in [6.45, 7) is 4.72. The van der Waals surface area contributed by atoms with Gasteiger partial charge in [-0.25, -0.2) is 0 Å². The van der Waals surface area contributed by atoms with Crippen molar-refractivity contribution in [2.24, 2.45) is 11.7 Å². The van der Waals surface area contributed by atoms with Crippen LogP contribution < -0.4 is 5.73 Å². The standard InChI is InChI=1S/C8H19NO/c1-3-5-7(6-9)8(10)4-2/h7-8,10H,3-6,9H2,1-2H3. The lowest BCUT2D eigenvalue weighted by Gasteiger charge is -2.18. The zero-order valence-electron chi connectivity index (χ0n) is 7.01. The fourth-order valence-corrected chi connectivity index (χ4v) is 1.17. The normalized spacial score (nSPS) is 16.8. The first-order valence-electron chi connectivity index (χ1n) is 4.14. The lowest BCUT2D eigenvalue weighted by atomic mass is 9.96. The Hall–Kier alpha value is -0.0800. The van der Waals surface area contributed by atoms with E-state index in [-0.39, 0.29) is 6.10 Å². The van der Waals surface area contributed by atoms with E-state index >= 15 is 0 Å². The van der Waals surface area contributed by atoms with Crippen LogP contribution in [0.1, 0.15) is 33.1 Å². The summed E-state index contributed by atoms with van der Waals surface area (Å²) in [4.78, 5) is 0. The van der Waals surface area contributed by atoms with Crippen LogP contribution in [0.25, 0.3) is 0 Å². The lowest BCUT2D eigenvalue weighted by Crippen LogP contribution is -2.26. The van der Waals surface area contributed by atoms with Gasteiger partial charge in [-0.15, -0.1) is 0 Å². The van der Waals surface area contributed by atoms with E-state index < -0.39 is 0 Å². The Morgan fingerprint density at radius 3 is 2.30 bits per heavy atom. The van der Waals surface area contributed by atoms with Gasteiger partial charge in [0.1, 0.15) is 0 Å². The molecule has 0 bridgehead atoms. The number of aliphatic hydroxyl groups excluding tert-OH is 1. The Labute approximate surface area is 63.4 Å². The van der Waals surface area contributed by atoms with Gasteiger partial charge in [0.05, 0.1) is 6.10 Å². The van der Waals surface area contributed by atoms with Gasteiger partial charge in [-0.1, -0.05) is 20.3 Å². The van der Waals surface area contributed by atoms with Gasteiger partial charge in [0, 0.05) is 0 Å². The molecule has 0 aromatic heterocycles. The Kier molecular flexibility index (Phi) is 5.64. The van der Waals surface area contributed by atoms with E-state index in [1.165, 1.54) is 0 Å². The molecule has 0 amide bonds. The Balaban J connectivity index is 3.56. The molecule has 0 aromatic rings. The quantitative estimate of drug-likeness (QED) is 0.609. The van der Waals surface area contributed by atoms with Gasteiger partial charge in [0.25, 0.3) is 0 Å². The fourth-order valence-electron chi connectivity index (χ4n) is 1.17. The predicted octanol–water partition coefficient (Wildman–Crippen LogP) is 1.13. The zero-order valence-corrected chi connectivity index (χ0v) is 7.01. The molecule has 0 radical (unpaired) electrons. The number of nitrogens with two attached hydrogens (primary N) is 1. The molecule has 2 heteroatoms. The largest absolute Gasteiger partial charge is 0.393 e. The SMILES string of the molecule is CCCC(CN)C(O)CC. The first-order chi connectivity index (χ1) is 4.76. The minimum Gasteiger partial charge on any atom is -0.393 e. The summed E-state index contributed by atoms with van der Waals surface area (Å²) < 4.78 is 0. The van der Waals surface area contributed by atoms with Crippen molar-refractivity contribution in [1.82, 2.24) is 0 Å². The average Bonchev–Trinajstić information content (AvgIpc) is 1.99. The second kappa shape index (κ2) is 5.69. The Bertz CT molecular complexity index is 75.7. The minimum absolute atomic E-state index is 0.190. The van der Waals surface area contributed by atoms with E-state index in [2.05, 4.69) is 6.92 Å². The maximum absolute atomic E-state index is 9.37.